The van der Waals surface area contributed by atoms with E-state index in [4.69, 9.17) is 11.5 Å². The molecule has 1 aliphatic heterocycles. The number of amides is 2. The molecule has 3 rings (SSSR count). The van der Waals surface area contributed by atoms with Gasteiger partial charge in [0.1, 0.15) is 11.7 Å². The van der Waals surface area contributed by atoms with Gasteiger partial charge in [0.2, 0.25) is 11.8 Å². The van der Waals surface area contributed by atoms with Gasteiger partial charge in [-0.15, -0.1) is 0 Å². The molecule has 1 unspecified atom stereocenters. The zero-order valence-electron chi connectivity index (χ0n) is 16.2. The van der Waals surface area contributed by atoms with E-state index < -0.39 is 52.6 Å². The number of hydrogen-bond acceptors (Lipinski definition) is 4. The van der Waals surface area contributed by atoms with Crippen molar-refractivity contribution < 1.29 is 32.7 Å². The summed E-state index contributed by atoms with van der Waals surface area (Å²) in [7, 11) is 0. The number of primary amides is 1. The molecule has 0 radical (unpaired) electrons. The summed E-state index contributed by atoms with van der Waals surface area (Å²) >= 11 is 0. The Bertz CT molecular complexity index is 867. The van der Waals surface area contributed by atoms with Gasteiger partial charge < -0.3 is 21.5 Å². The van der Waals surface area contributed by atoms with Crippen molar-refractivity contribution in [2.45, 2.75) is 38.1 Å². The van der Waals surface area contributed by atoms with Gasteiger partial charge in [-0.2, -0.15) is 0 Å². The topological polar surface area (TPSA) is 127 Å². The fourth-order valence-corrected chi connectivity index (χ4v) is 4.26. The summed E-state index contributed by atoms with van der Waals surface area (Å²) in [5.74, 6) is -7.55. The predicted molar refractivity (Wildman–Crippen MR) is 99.3 cm³/mol. The molecule has 1 aliphatic carbocycles. The third kappa shape index (κ3) is 4.14. The molecule has 1 saturated carbocycles. The highest BCUT2D eigenvalue weighted by Crippen LogP contribution is 2.53. The van der Waals surface area contributed by atoms with Gasteiger partial charge in [0.15, 0.2) is 11.6 Å². The first kappa shape index (κ1) is 22.1. The fourth-order valence-electron chi connectivity index (χ4n) is 4.26. The van der Waals surface area contributed by atoms with Crippen LogP contribution in [0, 0.1) is 34.7 Å². The number of benzene rings is 1. The number of carboxylic acid groups (broad SMARTS) is 1. The first-order valence-electron chi connectivity index (χ1n) is 9.77. The first-order valence-corrected chi connectivity index (χ1v) is 9.77. The van der Waals surface area contributed by atoms with Crippen LogP contribution in [0.1, 0.15) is 31.2 Å². The van der Waals surface area contributed by atoms with E-state index in [1.165, 1.54) is 4.90 Å². The number of carbonyl (C=O) groups is 3. The van der Waals surface area contributed by atoms with Crippen LogP contribution in [0.3, 0.4) is 0 Å². The molecule has 2 amide bonds. The summed E-state index contributed by atoms with van der Waals surface area (Å²) in [5, 5.41) is 9.41. The Balaban J connectivity index is 1.61. The van der Waals surface area contributed by atoms with Gasteiger partial charge in [-0.3, -0.25) is 14.4 Å². The highest BCUT2D eigenvalue weighted by atomic mass is 19.2. The minimum absolute atomic E-state index is 0.00762. The molecular weight excluding hydrogens is 403 g/mol. The Kier molecular flexibility index (Phi) is 6.07. The second-order valence-corrected chi connectivity index (χ2v) is 8.19. The highest BCUT2D eigenvalue weighted by molar-refractivity contribution is 6.05. The van der Waals surface area contributed by atoms with Crippen molar-refractivity contribution in [1.82, 2.24) is 4.90 Å². The van der Waals surface area contributed by atoms with Gasteiger partial charge in [0, 0.05) is 25.2 Å². The third-order valence-electron chi connectivity index (χ3n) is 6.30. The van der Waals surface area contributed by atoms with Crippen molar-refractivity contribution in [3.8, 4) is 0 Å². The maximum atomic E-state index is 13.9. The average molecular weight is 427 g/mol. The molecule has 2 fully saturated rings. The average Bonchev–Trinajstić information content (AvgIpc) is 3.47. The third-order valence-corrected chi connectivity index (χ3v) is 6.30. The van der Waals surface area contributed by atoms with E-state index in [1.54, 1.807) is 0 Å². The molecular formula is C20H24F3N3O4. The van der Waals surface area contributed by atoms with Gasteiger partial charge >= 0.3 is 5.97 Å². The quantitative estimate of drug-likeness (QED) is 0.445. The Labute approximate surface area is 171 Å². The van der Waals surface area contributed by atoms with Gasteiger partial charge in [-0.25, -0.2) is 13.2 Å². The summed E-state index contributed by atoms with van der Waals surface area (Å²) in [6.07, 6.45) is 1.35. The second kappa shape index (κ2) is 8.25. The maximum absolute atomic E-state index is 13.9. The molecule has 1 aromatic carbocycles. The molecule has 1 saturated heterocycles. The molecule has 1 heterocycles. The van der Waals surface area contributed by atoms with Crippen LogP contribution in [0.4, 0.5) is 13.2 Å². The number of nitrogens with two attached hydrogens (primary N) is 2. The van der Waals surface area contributed by atoms with Crippen molar-refractivity contribution in [3.05, 3.63) is 35.1 Å². The van der Waals surface area contributed by atoms with Crippen molar-refractivity contribution >= 4 is 17.8 Å². The van der Waals surface area contributed by atoms with Crippen LogP contribution < -0.4 is 11.5 Å². The molecule has 5 N–H and O–H groups in total. The number of aliphatic carboxylic acids is 1. The molecule has 0 aromatic heterocycles. The summed E-state index contributed by atoms with van der Waals surface area (Å²) in [6, 6.07) is 0.739. The molecule has 1 aromatic rings. The summed E-state index contributed by atoms with van der Waals surface area (Å²) in [4.78, 5) is 37.6. The zero-order valence-corrected chi connectivity index (χ0v) is 16.2. The number of likely N-dealkylation sites (tertiary alicyclic amines) is 1. The largest absolute Gasteiger partial charge is 0.481 e. The minimum Gasteiger partial charge on any atom is -0.481 e. The van der Waals surface area contributed by atoms with Crippen LogP contribution in [0.15, 0.2) is 12.1 Å². The Morgan fingerprint density at radius 2 is 1.67 bits per heavy atom. The molecule has 164 valence electrons. The normalized spacial score (nSPS) is 20.5. The Morgan fingerprint density at radius 3 is 2.17 bits per heavy atom. The van der Waals surface area contributed by atoms with Crippen molar-refractivity contribution in [2.75, 3.05) is 13.1 Å². The molecule has 10 heteroatoms. The van der Waals surface area contributed by atoms with E-state index in [-0.39, 0.29) is 43.8 Å². The van der Waals surface area contributed by atoms with E-state index in [0.717, 1.165) is 6.07 Å². The minimum atomic E-state index is -1.42. The zero-order chi connectivity index (χ0) is 22.2. The maximum Gasteiger partial charge on any atom is 0.310 e. The lowest BCUT2D eigenvalue weighted by molar-refractivity contribution is -0.157. The molecule has 30 heavy (non-hydrogen) atoms. The Hall–Kier alpha value is -2.62. The lowest BCUT2D eigenvalue weighted by atomic mass is 9.83. The molecule has 0 spiro atoms. The van der Waals surface area contributed by atoms with E-state index in [2.05, 4.69) is 0 Å². The monoisotopic (exact) mass is 427 g/mol. The number of halogens is 3. The standard InChI is InChI=1S/C20H24F3N3O4/c21-12-9-14(23)13(22)7-11(12)8-15(24)10-1-5-26(6-2-10)18(28)16(17(25)27)20(3-4-20)19(29)30/h7,9-10,15-16H,1-6,8,24H2,(H2,25,27)(H,29,30)/t15-,16?/m1/s1. The summed E-state index contributed by atoms with van der Waals surface area (Å²) < 4.78 is 40.3. The van der Waals surface area contributed by atoms with Crippen LogP contribution in [0.5, 0.6) is 0 Å². The number of carbonyl (C=O) groups excluding carboxylic acids is 2. The van der Waals surface area contributed by atoms with Crippen LogP contribution in [0.25, 0.3) is 0 Å². The van der Waals surface area contributed by atoms with Crippen LogP contribution in [0.2, 0.25) is 0 Å². The number of piperidine rings is 1. The van der Waals surface area contributed by atoms with Gasteiger partial charge in [-0.05, 0) is 49.7 Å². The number of carboxylic acids is 1. The summed E-state index contributed by atoms with van der Waals surface area (Å²) in [6.45, 7) is 0.494. The second-order valence-electron chi connectivity index (χ2n) is 8.19. The van der Waals surface area contributed by atoms with Crippen LogP contribution in [-0.2, 0) is 20.8 Å². The van der Waals surface area contributed by atoms with E-state index in [0.29, 0.717) is 18.9 Å². The number of rotatable bonds is 7. The van der Waals surface area contributed by atoms with Crippen molar-refractivity contribution in [2.24, 2.45) is 28.7 Å². The first-order chi connectivity index (χ1) is 14.1. The number of nitrogens with zero attached hydrogens (tertiary/aromatic N) is 1. The molecule has 2 atom stereocenters. The van der Waals surface area contributed by atoms with Crippen molar-refractivity contribution in [1.29, 1.82) is 0 Å². The van der Waals surface area contributed by atoms with E-state index in [9.17, 15) is 32.7 Å². The van der Waals surface area contributed by atoms with Crippen LogP contribution >= 0.6 is 0 Å². The highest BCUT2D eigenvalue weighted by Gasteiger charge is 2.61. The lowest BCUT2D eigenvalue weighted by Gasteiger charge is -2.37. The van der Waals surface area contributed by atoms with Gasteiger partial charge in [0.25, 0.3) is 0 Å². The number of hydrogen-bond donors (Lipinski definition) is 3. The fraction of sp³-hybridized carbons (Fsp3) is 0.550. The van der Waals surface area contributed by atoms with Gasteiger partial charge in [-0.1, -0.05) is 0 Å². The van der Waals surface area contributed by atoms with E-state index in [1.807, 2.05) is 0 Å². The Morgan fingerprint density at radius 1 is 1.10 bits per heavy atom. The lowest BCUT2D eigenvalue weighted by Crippen LogP contribution is -2.51. The molecule has 2 aliphatic rings. The molecule has 7 nitrogen and oxygen atoms in total. The van der Waals surface area contributed by atoms with Gasteiger partial charge in [0.05, 0.1) is 5.41 Å². The van der Waals surface area contributed by atoms with Crippen LogP contribution in [-0.4, -0.2) is 46.9 Å². The van der Waals surface area contributed by atoms with E-state index >= 15 is 0 Å². The van der Waals surface area contributed by atoms with Crippen molar-refractivity contribution in [3.63, 3.8) is 0 Å². The summed E-state index contributed by atoms with van der Waals surface area (Å²) in [5.41, 5.74) is 10.1. The predicted octanol–water partition coefficient (Wildman–Crippen LogP) is 1.18. The SMILES string of the molecule is NC(=O)C(C(=O)N1CCC([C@H](N)Cc2cc(F)c(F)cc2F)CC1)C1(C(=O)O)CC1. The molecule has 0 bridgehead atoms. The smallest absolute Gasteiger partial charge is 0.310 e.